The van der Waals surface area contributed by atoms with Crippen molar-refractivity contribution in [3.05, 3.63) is 64.1 Å². The molecule has 1 atom stereocenters. The van der Waals surface area contributed by atoms with Gasteiger partial charge in [-0.1, -0.05) is 53.5 Å². The first-order chi connectivity index (χ1) is 15.3. The van der Waals surface area contributed by atoms with Gasteiger partial charge in [0.1, 0.15) is 4.90 Å². The molecule has 2 aromatic rings. The van der Waals surface area contributed by atoms with Gasteiger partial charge in [-0.3, -0.25) is 4.79 Å². The number of sulfonamides is 1. The van der Waals surface area contributed by atoms with Crippen LogP contribution in [-0.2, 0) is 21.2 Å². The molecule has 0 N–H and O–H groups in total. The lowest BCUT2D eigenvalue weighted by Gasteiger charge is -2.37. The summed E-state index contributed by atoms with van der Waals surface area (Å²) in [5.74, 6) is 0.331. The van der Waals surface area contributed by atoms with Crippen molar-refractivity contribution in [2.24, 2.45) is 11.8 Å². The molecule has 172 valence electrons. The van der Waals surface area contributed by atoms with E-state index in [-0.39, 0.29) is 28.3 Å². The first kappa shape index (κ1) is 23.6. The number of hydrogen-bond acceptors (Lipinski definition) is 3. The summed E-state index contributed by atoms with van der Waals surface area (Å²) in [4.78, 5) is 15.1. The molecular formula is C24H28Cl2N2O3S. The average molecular weight is 495 g/mol. The van der Waals surface area contributed by atoms with E-state index in [1.54, 1.807) is 6.07 Å². The van der Waals surface area contributed by atoms with Gasteiger partial charge in [0.15, 0.2) is 0 Å². The molecule has 5 nitrogen and oxygen atoms in total. The van der Waals surface area contributed by atoms with Crippen LogP contribution in [-0.4, -0.2) is 49.7 Å². The van der Waals surface area contributed by atoms with E-state index in [0.717, 1.165) is 32.4 Å². The monoisotopic (exact) mass is 494 g/mol. The van der Waals surface area contributed by atoms with Gasteiger partial charge >= 0.3 is 0 Å². The van der Waals surface area contributed by atoms with E-state index in [4.69, 9.17) is 23.2 Å². The molecule has 0 aliphatic carbocycles. The summed E-state index contributed by atoms with van der Waals surface area (Å²) in [6.07, 6.45) is 4.36. The average Bonchev–Trinajstić information content (AvgIpc) is 2.81. The van der Waals surface area contributed by atoms with E-state index in [2.05, 4.69) is 24.3 Å². The molecule has 0 aromatic heterocycles. The normalized spacial score (nSPS) is 20.9. The van der Waals surface area contributed by atoms with Crippen molar-refractivity contribution >= 4 is 39.1 Å². The van der Waals surface area contributed by atoms with E-state index in [1.807, 2.05) is 11.0 Å². The van der Waals surface area contributed by atoms with Crippen LogP contribution in [0.25, 0.3) is 0 Å². The highest BCUT2D eigenvalue weighted by Gasteiger charge is 2.36. The third-order valence-electron chi connectivity index (χ3n) is 6.54. The first-order valence-electron chi connectivity index (χ1n) is 11.1. The van der Waals surface area contributed by atoms with E-state index >= 15 is 0 Å². The maximum absolute atomic E-state index is 13.2. The van der Waals surface area contributed by atoms with Gasteiger partial charge in [0.25, 0.3) is 0 Å². The summed E-state index contributed by atoms with van der Waals surface area (Å²) in [6.45, 7) is 2.04. The van der Waals surface area contributed by atoms with Crippen LogP contribution in [0, 0.1) is 11.8 Å². The fraction of sp³-hybridized carbons (Fsp3) is 0.458. The minimum absolute atomic E-state index is 0.00138. The van der Waals surface area contributed by atoms with Crippen molar-refractivity contribution in [1.82, 2.24) is 9.21 Å². The molecule has 0 radical (unpaired) electrons. The van der Waals surface area contributed by atoms with Crippen LogP contribution in [0.4, 0.5) is 0 Å². The number of benzene rings is 2. The Hall–Kier alpha value is -1.60. The van der Waals surface area contributed by atoms with Crippen molar-refractivity contribution in [3.8, 4) is 0 Å². The molecular weight excluding hydrogens is 467 g/mol. The predicted molar refractivity (Wildman–Crippen MR) is 127 cm³/mol. The third kappa shape index (κ3) is 5.30. The standard InChI is InChI=1S/C24H28Cl2N2O3S/c25-21-8-9-22(26)23(16-21)32(30,31)28-12-4-7-20(17-28)24(29)27-13-10-19(11-14-27)15-18-5-2-1-3-6-18/h1-3,5-6,8-9,16,19-20H,4,7,10-15,17H2/t20-/m0/s1. The van der Waals surface area contributed by atoms with E-state index in [1.165, 1.54) is 22.0 Å². The number of hydrogen-bond donors (Lipinski definition) is 0. The predicted octanol–water partition coefficient (Wildman–Crippen LogP) is 4.88. The van der Waals surface area contributed by atoms with Crippen molar-refractivity contribution in [2.45, 2.75) is 37.0 Å². The number of halogens is 2. The fourth-order valence-corrected chi connectivity index (χ4v) is 7.00. The van der Waals surface area contributed by atoms with Crippen LogP contribution in [0.1, 0.15) is 31.2 Å². The number of likely N-dealkylation sites (tertiary alicyclic amines) is 1. The van der Waals surface area contributed by atoms with Crippen molar-refractivity contribution in [1.29, 1.82) is 0 Å². The van der Waals surface area contributed by atoms with Gasteiger partial charge < -0.3 is 4.90 Å². The Bertz CT molecular complexity index is 1050. The molecule has 2 fully saturated rings. The van der Waals surface area contributed by atoms with Crippen LogP contribution >= 0.6 is 23.2 Å². The quantitative estimate of drug-likeness (QED) is 0.595. The largest absolute Gasteiger partial charge is 0.342 e. The summed E-state index contributed by atoms with van der Waals surface area (Å²) < 4.78 is 27.7. The molecule has 8 heteroatoms. The Morgan fingerprint density at radius 2 is 1.69 bits per heavy atom. The Balaban J connectivity index is 1.37. The summed E-state index contributed by atoms with van der Waals surface area (Å²) in [6, 6.07) is 14.9. The zero-order chi connectivity index (χ0) is 22.7. The molecule has 2 aliphatic rings. The molecule has 0 spiro atoms. The van der Waals surface area contributed by atoms with Crippen molar-refractivity contribution in [3.63, 3.8) is 0 Å². The lowest BCUT2D eigenvalue weighted by Crippen LogP contribution is -2.48. The number of rotatable bonds is 5. The minimum atomic E-state index is -3.81. The molecule has 0 saturated carbocycles. The highest BCUT2D eigenvalue weighted by molar-refractivity contribution is 7.89. The number of amides is 1. The highest BCUT2D eigenvalue weighted by Crippen LogP contribution is 2.31. The van der Waals surface area contributed by atoms with Gasteiger partial charge in [-0.25, -0.2) is 8.42 Å². The summed E-state index contributed by atoms with van der Waals surface area (Å²) >= 11 is 12.2. The van der Waals surface area contributed by atoms with E-state index < -0.39 is 10.0 Å². The zero-order valence-corrected chi connectivity index (χ0v) is 20.2. The smallest absolute Gasteiger partial charge is 0.244 e. The van der Waals surface area contributed by atoms with Crippen LogP contribution in [0.5, 0.6) is 0 Å². The Kier molecular flexibility index (Phi) is 7.45. The summed E-state index contributed by atoms with van der Waals surface area (Å²) in [7, 11) is -3.81. The van der Waals surface area contributed by atoms with E-state index in [9.17, 15) is 13.2 Å². The van der Waals surface area contributed by atoms with Gasteiger partial charge in [0.05, 0.1) is 10.9 Å². The topological polar surface area (TPSA) is 57.7 Å². The lowest BCUT2D eigenvalue weighted by molar-refractivity contribution is -0.138. The van der Waals surface area contributed by atoms with Gasteiger partial charge in [-0.15, -0.1) is 0 Å². The van der Waals surface area contributed by atoms with Gasteiger partial charge in [0, 0.05) is 31.2 Å². The second-order valence-corrected chi connectivity index (χ2v) is 11.5. The maximum Gasteiger partial charge on any atom is 0.244 e. The number of nitrogens with zero attached hydrogens (tertiary/aromatic N) is 2. The summed E-state index contributed by atoms with van der Waals surface area (Å²) in [5, 5.41) is 0.458. The SMILES string of the molecule is O=C([C@H]1CCCN(S(=O)(=O)c2cc(Cl)ccc2Cl)C1)N1CCC(Cc2ccccc2)CC1. The number of piperidine rings is 2. The maximum atomic E-state index is 13.2. The lowest BCUT2D eigenvalue weighted by atomic mass is 9.89. The fourth-order valence-electron chi connectivity index (χ4n) is 4.74. The molecule has 2 saturated heterocycles. The molecule has 2 aromatic carbocycles. The summed E-state index contributed by atoms with van der Waals surface area (Å²) in [5.41, 5.74) is 1.34. The third-order valence-corrected chi connectivity index (χ3v) is 9.12. The van der Waals surface area contributed by atoms with Crippen LogP contribution in [0.3, 0.4) is 0 Å². The van der Waals surface area contributed by atoms with Gasteiger partial charge in [0.2, 0.25) is 15.9 Å². The second kappa shape index (κ2) is 10.1. The van der Waals surface area contributed by atoms with Crippen molar-refractivity contribution in [2.75, 3.05) is 26.2 Å². The zero-order valence-electron chi connectivity index (χ0n) is 17.9. The number of carbonyl (C=O) groups excluding carboxylic acids is 1. The van der Waals surface area contributed by atoms with Crippen molar-refractivity contribution < 1.29 is 13.2 Å². The highest BCUT2D eigenvalue weighted by atomic mass is 35.5. The molecule has 2 aliphatic heterocycles. The van der Waals surface area contributed by atoms with Crippen LogP contribution in [0.15, 0.2) is 53.4 Å². The minimum Gasteiger partial charge on any atom is -0.342 e. The van der Waals surface area contributed by atoms with Gasteiger partial charge in [-0.2, -0.15) is 4.31 Å². The van der Waals surface area contributed by atoms with Crippen LogP contribution in [0.2, 0.25) is 10.0 Å². The Morgan fingerprint density at radius 1 is 0.969 bits per heavy atom. The second-order valence-electron chi connectivity index (χ2n) is 8.74. The van der Waals surface area contributed by atoms with Crippen LogP contribution < -0.4 is 0 Å². The Morgan fingerprint density at radius 3 is 2.41 bits per heavy atom. The molecule has 1 amide bonds. The molecule has 32 heavy (non-hydrogen) atoms. The van der Waals surface area contributed by atoms with Gasteiger partial charge in [-0.05, 0) is 61.8 Å². The Labute approximate surface area is 200 Å². The molecule has 0 unspecified atom stereocenters. The number of carbonyl (C=O) groups is 1. The first-order valence-corrected chi connectivity index (χ1v) is 13.3. The molecule has 4 rings (SSSR count). The van der Waals surface area contributed by atoms with E-state index in [0.29, 0.717) is 30.3 Å². The molecule has 2 heterocycles. The molecule has 0 bridgehead atoms.